The van der Waals surface area contributed by atoms with Gasteiger partial charge in [0.25, 0.3) is 0 Å². The number of oxazole rings is 1. The van der Waals surface area contributed by atoms with E-state index >= 15 is 0 Å². The van der Waals surface area contributed by atoms with E-state index in [0.29, 0.717) is 13.0 Å². The smallest absolute Gasteiger partial charge is 0.238 e. The molecule has 0 spiro atoms. The number of hydrogen-bond acceptors (Lipinski definition) is 5. The Balaban J connectivity index is 1.96. The third kappa shape index (κ3) is 3.18. The molecule has 0 aliphatic carbocycles. The number of benzene rings is 1. The summed E-state index contributed by atoms with van der Waals surface area (Å²) in [5.74, 6) is 1.80. The molecular weight excluding hydrogens is 326 g/mol. The summed E-state index contributed by atoms with van der Waals surface area (Å²) in [6, 6.07) is 5.26. The van der Waals surface area contributed by atoms with Crippen molar-refractivity contribution in [2.75, 3.05) is 11.4 Å². The van der Waals surface area contributed by atoms with Crippen LogP contribution in [0.25, 0.3) is 0 Å². The van der Waals surface area contributed by atoms with E-state index in [1.54, 1.807) is 12.1 Å². The number of nitrogens with zero attached hydrogens (tertiary/aromatic N) is 2. The Labute approximate surface area is 142 Å². The van der Waals surface area contributed by atoms with E-state index in [9.17, 15) is 8.42 Å². The van der Waals surface area contributed by atoms with E-state index < -0.39 is 10.0 Å². The van der Waals surface area contributed by atoms with Gasteiger partial charge < -0.3 is 9.32 Å². The first-order valence-electron chi connectivity index (χ1n) is 8.13. The molecule has 2 aromatic rings. The van der Waals surface area contributed by atoms with Crippen LogP contribution in [0, 0.1) is 6.92 Å². The Bertz CT molecular complexity index is 856. The third-order valence-corrected chi connectivity index (χ3v) is 5.34. The van der Waals surface area contributed by atoms with E-state index in [0.717, 1.165) is 41.6 Å². The first-order chi connectivity index (χ1) is 11.3. The molecule has 0 unspecified atom stereocenters. The fourth-order valence-electron chi connectivity index (χ4n) is 3.12. The lowest BCUT2D eigenvalue weighted by molar-refractivity contribution is 0.430. The molecule has 0 bridgehead atoms. The number of fused-ring (bicyclic) bond motifs is 1. The van der Waals surface area contributed by atoms with Crippen molar-refractivity contribution in [1.82, 2.24) is 4.98 Å². The van der Waals surface area contributed by atoms with Crippen molar-refractivity contribution < 1.29 is 12.8 Å². The average Bonchev–Trinajstić information content (AvgIpc) is 2.87. The minimum absolute atomic E-state index is 0.224. The fourth-order valence-corrected chi connectivity index (χ4v) is 3.94. The van der Waals surface area contributed by atoms with Gasteiger partial charge in [0, 0.05) is 18.2 Å². The molecule has 6 nitrogen and oxygen atoms in total. The van der Waals surface area contributed by atoms with Crippen LogP contribution in [-0.4, -0.2) is 19.9 Å². The molecule has 2 heterocycles. The molecule has 0 radical (unpaired) electrons. The molecule has 1 aliphatic rings. The summed E-state index contributed by atoms with van der Waals surface area (Å²) in [7, 11) is -3.72. The van der Waals surface area contributed by atoms with Gasteiger partial charge in [0.1, 0.15) is 5.76 Å². The highest BCUT2D eigenvalue weighted by molar-refractivity contribution is 7.89. The average molecular weight is 349 g/mol. The Morgan fingerprint density at radius 1 is 1.38 bits per heavy atom. The third-order valence-electron chi connectivity index (χ3n) is 4.35. The molecule has 3 rings (SSSR count). The normalized spacial score (nSPS) is 15.0. The molecule has 0 amide bonds. The molecule has 0 atom stereocenters. The lowest BCUT2D eigenvalue weighted by atomic mass is 10.0. The second-order valence-corrected chi connectivity index (χ2v) is 8.07. The number of aromatic nitrogens is 1. The van der Waals surface area contributed by atoms with E-state index in [2.05, 4.69) is 9.88 Å². The number of primary sulfonamides is 1. The summed E-state index contributed by atoms with van der Waals surface area (Å²) in [6.07, 6.45) is 1.59. The molecule has 2 N–H and O–H groups in total. The summed E-state index contributed by atoms with van der Waals surface area (Å²) in [6.45, 7) is 7.45. The van der Waals surface area contributed by atoms with Crippen LogP contribution in [0.3, 0.4) is 0 Å². The topological polar surface area (TPSA) is 89.4 Å². The van der Waals surface area contributed by atoms with Crippen LogP contribution >= 0.6 is 0 Å². The lowest BCUT2D eigenvalue weighted by Gasteiger charge is -2.31. The number of sulfonamides is 1. The van der Waals surface area contributed by atoms with Crippen molar-refractivity contribution in [1.29, 1.82) is 0 Å². The largest absolute Gasteiger partial charge is 0.443 e. The number of hydrogen-bond donors (Lipinski definition) is 1. The van der Waals surface area contributed by atoms with Gasteiger partial charge in [-0.2, -0.15) is 0 Å². The molecule has 1 aromatic carbocycles. The van der Waals surface area contributed by atoms with Crippen LogP contribution in [0.1, 0.15) is 49.1 Å². The summed E-state index contributed by atoms with van der Waals surface area (Å²) >= 11 is 0. The highest BCUT2D eigenvalue weighted by Gasteiger charge is 2.25. The quantitative estimate of drug-likeness (QED) is 0.916. The second kappa shape index (κ2) is 6.22. The maximum Gasteiger partial charge on any atom is 0.238 e. The van der Waals surface area contributed by atoms with Gasteiger partial charge in [0.15, 0.2) is 5.89 Å². The molecule has 0 saturated heterocycles. The maximum absolute atomic E-state index is 11.8. The minimum atomic E-state index is -3.72. The van der Waals surface area contributed by atoms with E-state index in [4.69, 9.17) is 9.56 Å². The Hall–Kier alpha value is -1.86. The van der Waals surface area contributed by atoms with Gasteiger partial charge in [0.05, 0.1) is 17.1 Å². The fraction of sp³-hybridized carbons (Fsp3) is 0.471. The van der Waals surface area contributed by atoms with Crippen LogP contribution in [-0.2, 0) is 23.0 Å². The van der Waals surface area contributed by atoms with Crippen LogP contribution in [0.5, 0.6) is 0 Å². The lowest BCUT2D eigenvalue weighted by Crippen LogP contribution is -2.30. The first-order valence-corrected chi connectivity index (χ1v) is 9.68. The van der Waals surface area contributed by atoms with Crippen molar-refractivity contribution in [3.8, 4) is 0 Å². The van der Waals surface area contributed by atoms with Crippen molar-refractivity contribution in [3.63, 3.8) is 0 Å². The van der Waals surface area contributed by atoms with Gasteiger partial charge in [-0.1, -0.05) is 19.9 Å². The zero-order chi connectivity index (χ0) is 17.5. The van der Waals surface area contributed by atoms with Gasteiger partial charge in [-0.05, 0) is 37.5 Å². The van der Waals surface area contributed by atoms with Crippen LogP contribution in [0.15, 0.2) is 27.5 Å². The molecule has 1 aromatic heterocycles. The highest BCUT2D eigenvalue weighted by atomic mass is 32.2. The van der Waals surface area contributed by atoms with Crippen LogP contribution in [0.4, 0.5) is 5.69 Å². The molecule has 7 heteroatoms. The predicted octanol–water partition coefficient (Wildman–Crippen LogP) is 2.71. The minimum Gasteiger partial charge on any atom is -0.443 e. The van der Waals surface area contributed by atoms with Gasteiger partial charge in [-0.25, -0.2) is 18.5 Å². The van der Waals surface area contributed by atoms with Gasteiger partial charge >= 0.3 is 0 Å². The Morgan fingerprint density at radius 2 is 2.12 bits per heavy atom. The summed E-state index contributed by atoms with van der Waals surface area (Å²) in [4.78, 5) is 6.85. The summed E-state index contributed by atoms with van der Waals surface area (Å²) < 4.78 is 29.6. The van der Waals surface area contributed by atoms with Gasteiger partial charge in [-0.15, -0.1) is 0 Å². The number of rotatable bonds is 4. The number of nitrogens with two attached hydrogens (primary N) is 1. The number of aryl methyl sites for hydroxylation is 1. The van der Waals surface area contributed by atoms with Gasteiger partial charge in [0.2, 0.25) is 10.0 Å². The van der Waals surface area contributed by atoms with E-state index in [1.807, 2.05) is 26.8 Å². The predicted molar refractivity (Wildman–Crippen MR) is 92.5 cm³/mol. The monoisotopic (exact) mass is 349 g/mol. The van der Waals surface area contributed by atoms with Gasteiger partial charge in [-0.3, -0.25) is 0 Å². The van der Waals surface area contributed by atoms with Crippen molar-refractivity contribution in [3.05, 3.63) is 41.1 Å². The first kappa shape index (κ1) is 17.0. The molecule has 1 aliphatic heterocycles. The molecule has 130 valence electrons. The van der Waals surface area contributed by atoms with Crippen molar-refractivity contribution in [2.45, 2.75) is 51.0 Å². The molecule has 0 saturated carbocycles. The molecule has 0 fully saturated rings. The van der Waals surface area contributed by atoms with Crippen molar-refractivity contribution in [2.24, 2.45) is 5.14 Å². The van der Waals surface area contributed by atoms with E-state index in [1.165, 1.54) is 0 Å². The zero-order valence-corrected chi connectivity index (χ0v) is 15.1. The van der Waals surface area contributed by atoms with E-state index in [-0.39, 0.29) is 10.8 Å². The molecule has 24 heavy (non-hydrogen) atoms. The Kier molecular flexibility index (Phi) is 4.40. The highest BCUT2D eigenvalue weighted by Crippen LogP contribution is 2.33. The molecular formula is C17H23N3O3S. The van der Waals surface area contributed by atoms with Crippen LogP contribution in [0.2, 0.25) is 0 Å². The Morgan fingerprint density at radius 3 is 2.75 bits per heavy atom. The van der Waals surface area contributed by atoms with Crippen molar-refractivity contribution >= 4 is 15.7 Å². The van der Waals surface area contributed by atoms with Crippen LogP contribution < -0.4 is 10.0 Å². The SMILES string of the molecule is Cc1nc(C(C)C)oc1CN1CCCc2c1cccc2S(N)(=O)=O. The maximum atomic E-state index is 11.8. The summed E-state index contributed by atoms with van der Waals surface area (Å²) in [5, 5.41) is 5.36. The number of anilines is 1. The second-order valence-electron chi connectivity index (χ2n) is 6.54. The zero-order valence-electron chi connectivity index (χ0n) is 14.2. The standard InChI is InChI=1S/C17H23N3O3S/c1-11(2)17-19-12(3)15(23-17)10-20-9-5-6-13-14(20)7-4-8-16(13)24(18,21)22/h4,7-8,11H,5-6,9-10H2,1-3H3,(H2,18,21,22). The summed E-state index contributed by atoms with van der Waals surface area (Å²) in [5.41, 5.74) is 2.59.